The molecule has 0 spiro atoms. The highest BCUT2D eigenvalue weighted by atomic mass is 35.5. The van der Waals surface area contributed by atoms with E-state index in [1.165, 1.54) is 0 Å². The van der Waals surface area contributed by atoms with Crippen molar-refractivity contribution < 1.29 is 4.42 Å². The highest BCUT2D eigenvalue weighted by molar-refractivity contribution is 6.28. The quantitative estimate of drug-likeness (QED) is 0.947. The van der Waals surface area contributed by atoms with Crippen molar-refractivity contribution in [2.45, 2.75) is 32.2 Å². The second-order valence-corrected chi connectivity index (χ2v) is 5.88. The van der Waals surface area contributed by atoms with E-state index in [9.17, 15) is 4.79 Å². The van der Waals surface area contributed by atoms with Gasteiger partial charge in [-0.05, 0) is 56.6 Å². The van der Waals surface area contributed by atoms with E-state index < -0.39 is 0 Å². The lowest BCUT2D eigenvalue weighted by molar-refractivity contribution is 0.189. The second-order valence-electron chi connectivity index (χ2n) is 5.51. The zero-order valence-corrected chi connectivity index (χ0v) is 12.7. The lowest BCUT2D eigenvalue weighted by Crippen LogP contribution is -2.33. The minimum atomic E-state index is -0.0647. The Bertz CT molecular complexity index is 672. The molecule has 6 heteroatoms. The highest BCUT2D eigenvalue weighted by Crippen LogP contribution is 2.27. The smallest absolute Gasteiger partial charge is 0.251 e. The Kier molecular flexibility index (Phi) is 4.12. The molecular formula is C15H18ClN3O2. The summed E-state index contributed by atoms with van der Waals surface area (Å²) in [5.41, 5.74) is 0.849. The molecule has 0 bridgehead atoms. The first kappa shape index (κ1) is 14.4. The average Bonchev–Trinajstić information content (AvgIpc) is 2.84. The van der Waals surface area contributed by atoms with Gasteiger partial charge in [-0.25, -0.2) is 4.98 Å². The van der Waals surface area contributed by atoms with E-state index in [4.69, 9.17) is 16.0 Å². The van der Waals surface area contributed by atoms with Crippen molar-refractivity contribution in [1.29, 1.82) is 0 Å². The molecule has 2 aromatic heterocycles. The first-order valence-electron chi connectivity index (χ1n) is 7.14. The van der Waals surface area contributed by atoms with Gasteiger partial charge in [0.2, 0.25) is 0 Å². The van der Waals surface area contributed by atoms with E-state index in [2.05, 4.69) is 14.9 Å². The van der Waals surface area contributed by atoms with Crippen LogP contribution < -0.4 is 5.56 Å². The highest BCUT2D eigenvalue weighted by Gasteiger charge is 2.22. The molecular weight excluding hydrogens is 290 g/mol. The summed E-state index contributed by atoms with van der Waals surface area (Å²) in [6, 6.07) is 5.31. The van der Waals surface area contributed by atoms with Gasteiger partial charge in [-0.3, -0.25) is 9.69 Å². The zero-order valence-electron chi connectivity index (χ0n) is 11.9. The molecule has 0 aromatic carbocycles. The number of nitrogens with one attached hydrogen (secondary N) is 1. The van der Waals surface area contributed by atoms with Gasteiger partial charge < -0.3 is 9.40 Å². The fraction of sp³-hybridized carbons (Fsp3) is 0.467. The minimum Gasteiger partial charge on any atom is -0.448 e. The molecule has 1 aliphatic rings. The summed E-state index contributed by atoms with van der Waals surface area (Å²) in [5.74, 6) is 1.94. The van der Waals surface area contributed by atoms with Gasteiger partial charge in [0.25, 0.3) is 5.56 Å². The molecule has 0 radical (unpaired) electrons. The van der Waals surface area contributed by atoms with Crippen molar-refractivity contribution in [3.63, 3.8) is 0 Å². The number of rotatable bonds is 3. The Hall–Kier alpha value is -1.59. The predicted molar refractivity (Wildman–Crippen MR) is 80.6 cm³/mol. The summed E-state index contributed by atoms with van der Waals surface area (Å²) in [6.45, 7) is 4.54. The van der Waals surface area contributed by atoms with Crippen molar-refractivity contribution in [2.24, 2.45) is 0 Å². The lowest BCUT2D eigenvalue weighted by atomic mass is 9.93. The van der Waals surface area contributed by atoms with E-state index in [0.717, 1.165) is 43.9 Å². The van der Waals surface area contributed by atoms with Gasteiger partial charge in [-0.2, -0.15) is 0 Å². The SMILES string of the molecule is Cc1nc(C2CCN(Cc3ccc(Cl)o3)CC2)cc(=O)[nH]1. The van der Waals surface area contributed by atoms with Crippen LogP contribution in [0.2, 0.25) is 5.22 Å². The third kappa shape index (κ3) is 3.54. The molecule has 21 heavy (non-hydrogen) atoms. The number of aromatic nitrogens is 2. The van der Waals surface area contributed by atoms with Crippen LogP contribution in [0.1, 0.15) is 36.0 Å². The van der Waals surface area contributed by atoms with Gasteiger partial charge in [0.1, 0.15) is 11.6 Å². The molecule has 0 amide bonds. The molecule has 1 fully saturated rings. The molecule has 0 unspecified atom stereocenters. The summed E-state index contributed by atoms with van der Waals surface area (Å²) in [6.07, 6.45) is 2.01. The average molecular weight is 308 g/mol. The van der Waals surface area contributed by atoms with Crippen LogP contribution in [0.5, 0.6) is 0 Å². The first-order valence-corrected chi connectivity index (χ1v) is 7.52. The van der Waals surface area contributed by atoms with Gasteiger partial charge >= 0.3 is 0 Å². The largest absolute Gasteiger partial charge is 0.448 e. The summed E-state index contributed by atoms with van der Waals surface area (Å²) >= 11 is 5.78. The van der Waals surface area contributed by atoms with Crippen LogP contribution in [0.25, 0.3) is 0 Å². The van der Waals surface area contributed by atoms with Crippen molar-refractivity contribution >= 4 is 11.6 Å². The topological polar surface area (TPSA) is 62.1 Å². The Morgan fingerprint density at radius 2 is 2.19 bits per heavy atom. The summed E-state index contributed by atoms with van der Waals surface area (Å²) in [5, 5.41) is 0.433. The van der Waals surface area contributed by atoms with E-state index in [-0.39, 0.29) is 5.56 Å². The standard InChI is InChI=1S/C15H18ClN3O2/c1-10-17-13(8-15(20)18-10)11-4-6-19(7-5-11)9-12-2-3-14(16)21-12/h2-3,8,11H,4-7,9H2,1H3,(H,17,18,20). The third-order valence-corrected chi connectivity index (χ3v) is 4.10. The van der Waals surface area contributed by atoms with Gasteiger partial charge in [0.05, 0.1) is 12.2 Å². The lowest BCUT2D eigenvalue weighted by Gasteiger charge is -2.31. The molecule has 1 aliphatic heterocycles. The van der Waals surface area contributed by atoms with Crippen LogP contribution in [-0.2, 0) is 6.54 Å². The maximum Gasteiger partial charge on any atom is 0.251 e. The first-order chi connectivity index (χ1) is 10.1. The minimum absolute atomic E-state index is 0.0647. The Balaban J connectivity index is 1.61. The van der Waals surface area contributed by atoms with Crippen molar-refractivity contribution in [1.82, 2.24) is 14.9 Å². The van der Waals surface area contributed by atoms with Gasteiger partial charge in [-0.1, -0.05) is 0 Å². The number of halogens is 1. The van der Waals surface area contributed by atoms with Crippen LogP contribution in [0.4, 0.5) is 0 Å². The normalized spacial score (nSPS) is 17.2. The monoisotopic (exact) mass is 307 g/mol. The Morgan fingerprint density at radius 1 is 1.43 bits per heavy atom. The van der Waals surface area contributed by atoms with Crippen LogP contribution in [0, 0.1) is 6.92 Å². The summed E-state index contributed by atoms with van der Waals surface area (Å²) in [7, 11) is 0. The molecule has 112 valence electrons. The van der Waals surface area contributed by atoms with Gasteiger partial charge in [0, 0.05) is 12.0 Å². The number of piperidine rings is 1. The van der Waals surface area contributed by atoms with E-state index in [1.807, 2.05) is 13.0 Å². The predicted octanol–water partition coefficient (Wildman–Crippen LogP) is 2.70. The fourth-order valence-corrected chi connectivity index (χ4v) is 3.02. The van der Waals surface area contributed by atoms with E-state index >= 15 is 0 Å². The van der Waals surface area contributed by atoms with Crippen LogP contribution in [0.3, 0.4) is 0 Å². The van der Waals surface area contributed by atoms with Crippen molar-refractivity contribution in [3.8, 4) is 0 Å². The van der Waals surface area contributed by atoms with Gasteiger partial charge in [-0.15, -0.1) is 0 Å². The maximum atomic E-state index is 11.5. The Labute approximate surface area is 127 Å². The number of nitrogens with zero attached hydrogens (tertiary/aromatic N) is 2. The van der Waals surface area contributed by atoms with Crippen molar-refractivity contribution in [3.05, 3.63) is 51.1 Å². The number of likely N-dealkylation sites (tertiary alicyclic amines) is 1. The van der Waals surface area contributed by atoms with Crippen LogP contribution in [0.15, 0.2) is 27.4 Å². The molecule has 3 rings (SSSR count). The molecule has 0 atom stereocenters. The molecule has 2 aromatic rings. The molecule has 1 saturated heterocycles. The summed E-state index contributed by atoms with van der Waals surface area (Å²) in [4.78, 5) is 21.0. The number of aromatic amines is 1. The van der Waals surface area contributed by atoms with Gasteiger partial charge in [0.15, 0.2) is 5.22 Å². The number of furan rings is 1. The van der Waals surface area contributed by atoms with Crippen molar-refractivity contribution in [2.75, 3.05) is 13.1 Å². The third-order valence-electron chi connectivity index (χ3n) is 3.89. The van der Waals surface area contributed by atoms with Crippen LogP contribution in [-0.4, -0.2) is 28.0 Å². The number of hydrogen-bond donors (Lipinski definition) is 1. The number of aryl methyl sites for hydroxylation is 1. The molecule has 0 saturated carbocycles. The second kappa shape index (κ2) is 6.03. The molecule has 5 nitrogen and oxygen atoms in total. The van der Waals surface area contributed by atoms with E-state index in [1.54, 1.807) is 12.1 Å². The molecule has 0 aliphatic carbocycles. The van der Waals surface area contributed by atoms with Crippen LogP contribution >= 0.6 is 11.6 Å². The molecule has 1 N–H and O–H groups in total. The number of hydrogen-bond acceptors (Lipinski definition) is 4. The fourth-order valence-electron chi connectivity index (χ4n) is 2.86. The van der Waals surface area contributed by atoms with E-state index in [0.29, 0.717) is 17.0 Å². The zero-order chi connectivity index (χ0) is 14.8. The number of H-pyrrole nitrogens is 1. The maximum absolute atomic E-state index is 11.5. The molecule has 3 heterocycles. The Morgan fingerprint density at radius 3 is 2.81 bits per heavy atom. The summed E-state index contributed by atoms with van der Waals surface area (Å²) < 4.78 is 5.40.